The number of nitrogens with one attached hydrogen (secondary N) is 1. The fraction of sp³-hybridized carbons (Fsp3) is 0.417. The van der Waals surface area contributed by atoms with Crippen molar-refractivity contribution in [2.45, 2.75) is 4.90 Å². The van der Waals surface area contributed by atoms with Crippen LogP contribution in [0.4, 0.5) is 10.1 Å². The van der Waals surface area contributed by atoms with E-state index in [2.05, 4.69) is 5.32 Å². The van der Waals surface area contributed by atoms with Crippen molar-refractivity contribution in [2.75, 3.05) is 38.5 Å². The molecule has 1 rings (SSSR count). The van der Waals surface area contributed by atoms with Crippen LogP contribution in [0.1, 0.15) is 0 Å². The van der Waals surface area contributed by atoms with Crippen LogP contribution in [-0.4, -0.2) is 47.5 Å². The van der Waals surface area contributed by atoms with Gasteiger partial charge in [0.05, 0.1) is 23.8 Å². The number of halogens is 1. The highest BCUT2D eigenvalue weighted by Crippen LogP contribution is 2.19. The number of benzene rings is 1. The zero-order chi connectivity index (χ0) is 15.2. The lowest BCUT2D eigenvalue weighted by Gasteiger charge is -2.08. The molecule has 6 nitrogen and oxygen atoms in total. The van der Waals surface area contributed by atoms with Crippen LogP contribution in [0.15, 0.2) is 23.1 Å². The van der Waals surface area contributed by atoms with E-state index < -0.39 is 21.6 Å². The maximum absolute atomic E-state index is 13.5. The predicted octanol–water partition coefficient (Wildman–Crippen LogP) is 0.831. The Bertz CT molecular complexity index is 573. The molecule has 0 aliphatic heterocycles. The Morgan fingerprint density at radius 3 is 2.65 bits per heavy atom. The van der Waals surface area contributed by atoms with Gasteiger partial charge in [-0.3, -0.25) is 4.79 Å². The number of hydrogen-bond donors (Lipinski definition) is 1. The molecule has 8 heteroatoms. The van der Waals surface area contributed by atoms with Gasteiger partial charge in [-0.05, 0) is 18.2 Å². The lowest BCUT2D eigenvalue weighted by atomic mass is 10.3. The van der Waals surface area contributed by atoms with E-state index in [1.165, 1.54) is 7.11 Å². The average Bonchev–Trinajstić information content (AvgIpc) is 2.36. The second-order valence-corrected chi connectivity index (χ2v) is 6.02. The van der Waals surface area contributed by atoms with Crippen molar-refractivity contribution < 1.29 is 27.1 Å². The Kier molecular flexibility index (Phi) is 6.05. The van der Waals surface area contributed by atoms with Crippen molar-refractivity contribution >= 4 is 21.4 Å². The molecule has 1 aromatic rings. The topological polar surface area (TPSA) is 81.7 Å². The lowest BCUT2D eigenvalue weighted by molar-refractivity contribution is -0.121. The molecule has 0 aliphatic carbocycles. The van der Waals surface area contributed by atoms with Crippen molar-refractivity contribution in [2.24, 2.45) is 0 Å². The third kappa shape index (κ3) is 5.24. The van der Waals surface area contributed by atoms with E-state index in [-0.39, 0.29) is 23.8 Å². The van der Waals surface area contributed by atoms with Gasteiger partial charge >= 0.3 is 0 Å². The van der Waals surface area contributed by atoms with Crippen molar-refractivity contribution in [1.29, 1.82) is 0 Å². The smallest absolute Gasteiger partial charge is 0.250 e. The molecular weight excluding hydrogens is 289 g/mol. The summed E-state index contributed by atoms with van der Waals surface area (Å²) in [5.41, 5.74) is -0.201. The van der Waals surface area contributed by atoms with Crippen LogP contribution in [0.25, 0.3) is 0 Å². The van der Waals surface area contributed by atoms with Crippen molar-refractivity contribution in [1.82, 2.24) is 0 Å². The van der Waals surface area contributed by atoms with E-state index in [1.54, 1.807) is 0 Å². The summed E-state index contributed by atoms with van der Waals surface area (Å²) in [4.78, 5) is 11.4. The summed E-state index contributed by atoms with van der Waals surface area (Å²) in [5.74, 6) is -1.30. The third-order valence-electron chi connectivity index (χ3n) is 2.31. The van der Waals surface area contributed by atoms with Gasteiger partial charge in [-0.1, -0.05) is 0 Å². The van der Waals surface area contributed by atoms with Gasteiger partial charge in [0.25, 0.3) is 0 Å². The van der Waals surface area contributed by atoms with Crippen LogP contribution in [0.5, 0.6) is 0 Å². The fourth-order valence-electron chi connectivity index (χ4n) is 1.32. The maximum Gasteiger partial charge on any atom is 0.250 e. The van der Waals surface area contributed by atoms with E-state index in [0.29, 0.717) is 6.61 Å². The number of hydrogen-bond acceptors (Lipinski definition) is 5. The largest absolute Gasteiger partial charge is 0.382 e. The van der Waals surface area contributed by atoms with Crippen molar-refractivity contribution in [3.8, 4) is 0 Å². The Balaban J connectivity index is 2.69. The minimum Gasteiger partial charge on any atom is -0.382 e. The van der Waals surface area contributed by atoms with Gasteiger partial charge in [-0.2, -0.15) is 0 Å². The van der Waals surface area contributed by atoms with Gasteiger partial charge < -0.3 is 14.8 Å². The average molecular weight is 305 g/mol. The third-order valence-corrected chi connectivity index (χ3v) is 3.42. The zero-order valence-corrected chi connectivity index (χ0v) is 12.0. The first-order valence-corrected chi connectivity index (χ1v) is 7.60. The summed E-state index contributed by atoms with van der Waals surface area (Å²) in [6.07, 6.45) is 1.000. The molecule has 0 aliphatic rings. The van der Waals surface area contributed by atoms with Gasteiger partial charge in [0.2, 0.25) is 5.91 Å². The van der Waals surface area contributed by atoms with Crippen molar-refractivity contribution in [3.05, 3.63) is 24.0 Å². The zero-order valence-electron chi connectivity index (χ0n) is 11.2. The first-order chi connectivity index (χ1) is 9.34. The second kappa shape index (κ2) is 7.32. The molecule has 0 spiro atoms. The van der Waals surface area contributed by atoms with Crippen LogP contribution in [0, 0.1) is 5.82 Å². The molecule has 0 aromatic heterocycles. The molecule has 0 saturated heterocycles. The van der Waals surface area contributed by atoms with Gasteiger partial charge in [0.1, 0.15) is 12.4 Å². The number of methoxy groups -OCH3 is 1. The molecule has 0 fully saturated rings. The standard InChI is InChI=1S/C12H16FNO5S/c1-18-5-6-19-8-12(15)14-11-7-9(20(2,16)17)3-4-10(11)13/h3-4,7H,5-6,8H2,1-2H3,(H,14,15). The van der Waals surface area contributed by atoms with Crippen LogP contribution >= 0.6 is 0 Å². The predicted molar refractivity (Wildman–Crippen MR) is 70.8 cm³/mol. The Hall–Kier alpha value is -1.51. The number of amides is 1. The molecule has 20 heavy (non-hydrogen) atoms. The first kappa shape index (κ1) is 16.5. The number of carbonyl (C=O) groups excluding carboxylic acids is 1. The van der Waals surface area contributed by atoms with E-state index in [9.17, 15) is 17.6 Å². The Labute approximate surface area is 116 Å². The van der Waals surface area contributed by atoms with E-state index in [0.717, 1.165) is 24.5 Å². The number of ether oxygens (including phenoxy) is 2. The summed E-state index contributed by atoms with van der Waals surface area (Å²) in [7, 11) is -1.97. The highest BCUT2D eigenvalue weighted by atomic mass is 32.2. The number of anilines is 1. The summed E-state index contributed by atoms with van der Waals surface area (Å²) in [5, 5.41) is 2.26. The van der Waals surface area contributed by atoms with Gasteiger partial charge in [0, 0.05) is 13.4 Å². The maximum atomic E-state index is 13.5. The molecule has 0 bridgehead atoms. The first-order valence-electron chi connectivity index (χ1n) is 5.70. The van der Waals surface area contributed by atoms with Crippen LogP contribution in [0.2, 0.25) is 0 Å². The minimum absolute atomic E-state index is 0.0745. The molecule has 1 N–H and O–H groups in total. The molecule has 0 radical (unpaired) electrons. The highest BCUT2D eigenvalue weighted by Gasteiger charge is 2.13. The fourth-order valence-corrected chi connectivity index (χ4v) is 1.97. The second-order valence-electron chi connectivity index (χ2n) is 4.01. The quantitative estimate of drug-likeness (QED) is 0.596. The SMILES string of the molecule is COCCOCC(=O)Nc1cc(S(C)(=O)=O)ccc1F. The van der Waals surface area contributed by atoms with E-state index in [1.807, 2.05) is 0 Å². The summed E-state index contributed by atoms with van der Waals surface area (Å²) in [6.45, 7) is 0.299. The normalized spacial score (nSPS) is 11.3. The van der Waals surface area contributed by atoms with Gasteiger partial charge in [-0.15, -0.1) is 0 Å². The summed E-state index contributed by atoms with van der Waals surface area (Å²) in [6, 6.07) is 3.19. The summed E-state index contributed by atoms with van der Waals surface area (Å²) < 4.78 is 45.9. The molecule has 0 heterocycles. The minimum atomic E-state index is -3.47. The molecular formula is C12H16FNO5S. The summed E-state index contributed by atoms with van der Waals surface area (Å²) >= 11 is 0. The molecule has 0 unspecified atom stereocenters. The molecule has 0 atom stereocenters. The number of sulfone groups is 1. The van der Waals surface area contributed by atoms with Gasteiger partial charge in [0.15, 0.2) is 9.84 Å². The molecule has 0 saturated carbocycles. The lowest BCUT2D eigenvalue weighted by Crippen LogP contribution is -2.20. The van der Waals surface area contributed by atoms with Gasteiger partial charge in [-0.25, -0.2) is 12.8 Å². The van der Waals surface area contributed by atoms with Crippen LogP contribution in [0.3, 0.4) is 0 Å². The van der Waals surface area contributed by atoms with Crippen LogP contribution in [-0.2, 0) is 24.1 Å². The monoisotopic (exact) mass is 305 g/mol. The van der Waals surface area contributed by atoms with E-state index >= 15 is 0 Å². The van der Waals surface area contributed by atoms with E-state index in [4.69, 9.17) is 9.47 Å². The Morgan fingerprint density at radius 2 is 2.05 bits per heavy atom. The molecule has 1 aromatic carbocycles. The highest BCUT2D eigenvalue weighted by molar-refractivity contribution is 7.90. The number of carbonyl (C=O) groups is 1. The Morgan fingerprint density at radius 1 is 1.35 bits per heavy atom. The van der Waals surface area contributed by atoms with Crippen LogP contribution < -0.4 is 5.32 Å². The molecule has 112 valence electrons. The number of rotatable bonds is 7. The molecule has 1 amide bonds. The van der Waals surface area contributed by atoms with Crippen molar-refractivity contribution in [3.63, 3.8) is 0 Å².